The van der Waals surface area contributed by atoms with E-state index in [4.69, 9.17) is 23.8 Å². The third-order valence-electron chi connectivity index (χ3n) is 9.47. The van der Waals surface area contributed by atoms with E-state index in [0.29, 0.717) is 17.5 Å². The Hall–Kier alpha value is -6.33. The summed E-state index contributed by atoms with van der Waals surface area (Å²) >= 11 is 0. The number of furan rings is 2. The summed E-state index contributed by atoms with van der Waals surface area (Å²) in [6.45, 7) is 0. The molecule has 3 aromatic heterocycles. The lowest BCUT2D eigenvalue weighted by atomic mass is 9.92. The third kappa shape index (κ3) is 4.28. The van der Waals surface area contributed by atoms with Gasteiger partial charge >= 0.3 is 0 Å². The quantitative estimate of drug-likeness (QED) is 0.197. The van der Waals surface area contributed by atoms with Crippen LogP contribution in [-0.4, -0.2) is 15.0 Å². The second-order valence-corrected chi connectivity index (χ2v) is 12.3. The van der Waals surface area contributed by atoms with Crippen LogP contribution in [0, 0.1) is 0 Å². The summed E-state index contributed by atoms with van der Waals surface area (Å²) in [5, 5.41) is 4.28. The Morgan fingerprint density at radius 1 is 0.438 bits per heavy atom. The van der Waals surface area contributed by atoms with E-state index in [-0.39, 0.29) is 0 Å². The number of aryl methyl sites for hydroxylation is 1. The first-order valence-electron chi connectivity index (χ1n) is 16.2. The molecule has 0 atom stereocenters. The monoisotopic (exact) mass is 617 g/mol. The number of aromatic nitrogens is 3. The van der Waals surface area contributed by atoms with Gasteiger partial charge in [-0.1, -0.05) is 97.1 Å². The fraction of sp³-hybridized carbons (Fsp3) is 0.0465. The third-order valence-corrected chi connectivity index (χ3v) is 9.47. The van der Waals surface area contributed by atoms with Gasteiger partial charge in [-0.3, -0.25) is 0 Å². The van der Waals surface area contributed by atoms with E-state index < -0.39 is 0 Å². The van der Waals surface area contributed by atoms with Crippen molar-refractivity contribution in [1.82, 2.24) is 15.0 Å². The van der Waals surface area contributed by atoms with Crippen LogP contribution < -0.4 is 0 Å². The van der Waals surface area contributed by atoms with Crippen molar-refractivity contribution in [3.8, 4) is 33.9 Å². The van der Waals surface area contributed by atoms with Crippen molar-refractivity contribution in [1.29, 1.82) is 0 Å². The lowest BCUT2D eigenvalue weighted by Crippen LogP contribution is -2.06. The minimum Gasteiger partial charge on any atom is -0.456 e. The molecule has 0 radical (unpaired) electrons. The second-order valence-electron chi connectivity index (χ2n) is 12.3. The Morgan fingerprint density at radius 3 is 2.00 bits per heavy atom. The number of nitrogens with zero attached hydrogens (tertiary/aromatic N) is 3. The van der Waals surface area contributed by atoms with Gasteiger partial charge in [0.25, 0.3) is 0 Å². The fourth-order valence-corrected chi connectivity index (χ4v) is 7.15. The van der Waals surface area contributed by atoms with Crippen molar-refractivity contribution < 1.29 is 8.83 Å². The van der Waals surface area contributed by atoms with Gasteiger partial charge in [-0.2, -0.15) is 0 Å². The van der Waals surface area contributed by atoms with Gasteiger partial charge < -0.3 is 8.83 Å². The van der Waals surface area contributed by atoms with Crippen LogP contribution in [0.1, 0.15) is 23.4 Å². The van der Waals surface area contributed by atoms with Crippen LogP contribution in [0.2, 0.25) is 0 Å². The molecule has 5 heteroatoms. The molecule has 9 aromatic rings. The molecule has 0 spiro atoms. The van der Waals surface area contributed by atoms with Gasteiger partial charge in [0.2, 0.25) is 0 Å². The Labute approximate surface area is 275 Å². The summed E-state index contributed by atoms with van der Waals surface area (Å²) < 4.78 is 12.4. The number of allylic oxidation sites excluding steroid dienone is 1. The topological polar surface area (TPSA) is 65.0 Å². The molecule has 0 fully saturated rings. The second kappa shape index (κ2) is 10.6. The highest BCUT2D eigenvalue weighted by Gasteiger charge is 2.21. The highest BCUT2D eigenvalue weighted by atomic mass is 16.3. The summed E-state index contributed by atoms with van der Waals surface area (Å²) in [6.07, 6.45) is 4.03. The Balaban J connectivity index is 1.21. The van der Waals surface area contributed by atoms with Crippen LogP contribution in [0.5, 0.6) is 0 Å². The molecule has 6 aromatic carbocycles. The number of rotatable bonds is 4. The van der Waals surface area contributed by atoms with Crippen LogP contribution in [0.3, 0.4) is 0 Å². The highest BCUT2D eigenvalue weighted by molar-refractivity contribution is 6.13. The number of hydrogen-bond donors (Lipinski definition) is 0. The lowest BCUT2D eigenvalue weighted by molar-refractivity contribution is 0.668. The van der Waals surface area contributed by atoms with Crippen LogP contribution in [0.4, 0.5) is 0 Å². The fourth-order valence-electron chi connectivity index (χ4n) is 7.15. The van der Waals surface area contributed by atoms with E-state index in [1.807, 2.05) is 48.5 Å². The van der Waals surface area contributed by atoms with Gasteiger partial charge in [0.15, 0.2) is 17.5 Å². The largest absolute Gasteiger partial charge is 0.456 e. The molecule has 0 bridgehead atoms. The predicted molar refractivity (Wildman–Crippen MR) is 193 cm³/mol. The molecule has 48 heavy (non-hydrogen) atoms. The Bertz CT molecular complexity index is 2750. The molecule has 0 amide bonds. The summed E-state index contributed by atoms with van der Waals surface area (Å²) in [7, 11) is 0. The minimum atomic E-state index is 0.628. The normalized spacial score (nSPS) is 13.0. The molecule has 0 N–H and O–H groups in total. The maximum atomic E-state index is 6.27. The highest BCUT2D eigenvalue weighted by Crippen LogP contribution is 2.41. The van der Waals surface area contributed by atoms with E-state index in [2.05, 4.69) is 91.0 Å². The van der Waals surface area contributed by atoms with Gasteiger partial charge in [-0.15, -0.1) is 0 Å². The van der Waals surface area contributed by atoms with E-state index in [9.17, 15) is 0 Å². The van der Waals surface area contributed by atoms with E-state index >= 15 is 0 Å². The van der Waals surface area contributed by atoms with Crippen molar-refractivity contribution in [3.63, 3.8) is 0 Å². The Kier molecular flexibility index (Phi) is 5.93. The van der Waals surface area contributed by atoms with Gasteiger partial charge in [0.05, 0.1) is 0 Å². The van der Waals surface area contributed by atoms with Crippen LogP contribution in [-0.2, 0) is 6.42 Å². The van der Waals surface area contributed by atoms with Crippen LogP contribution in [0.25, 0.3) is 89.4 Å². The summed E-state index contributed by atoms with van der Waals surface area (Å²) in [5.41, 5.74) is 11.1. The molecule has 0 unspecified atom stereocenters. The van der Waals surface area contributed by atoms with Crippen molar-refractivity contribution in [2.75, 3.05) is 0 Å². The number of hydrogen-bond acceptors (Lipinski definition) is 5. The maximum absolute atomic E-state index is 6.27. The molecule has 3 heterocycles. The van der Waals surface area contributed by atoms with E-state index in [1.165, 1.54) is 11.1 Å². The van der Waals surface area contributed by atoms with Gasteiger partial charge in [-0.05, 0) is 83.1 Å². The average molecular weight is 618 g/mol. The summed E-state index contributed by atoms with van der Waals surface area (Å²) in [6, 6.07) is 45.7. The van der Waals surface area contributed by atoms with Gasteiger partial charge in [-0.25, -0.2) is 15.0 Å². The smallest absolute Gasteiger partial charge is 0.164 e. The molecule has 0 saturated heterocycles. The van der Waals surface area contributed by atoms with E-state index in [1.54, 1.807) is 0 Å². The molecule has 1 aliphatic carbocycles. The molecule has 10 rings (SSSR count). The van der Waals surface area contributed by atoms with Gasteiger partial charge in [0, 0.05) is 32.7 Å². The molecule has 1 aliphatic rings. The number of para-hydroxylation sites is 2. The van der Waals surface area contributed by atoms with Crippen molar-refractivity contribution in [2.45, 2.75) is 12.8 Å². The van der Waals surface area contributed by atoms with Crippen LogP contribution in [0.15, 0.2) is 142 Å². The van der Waals surface area contributed by atoms with Gasteiger partial charge in [0.1, 0.15) is 22.3 Å². The van der Waals surface area contributed by atoms with Crippen molar-refractivity contribution >= 4 is 55.5 Å². The first-order chi connectivity index (χ1) is 23.8. The zero-order valence-electron chi connectivity index (χ0n) is 25.9. The van der Waals surface area contributed by atoms with Crippen molar-refractivity contribution in [2.24, 2.45) is 0 Å². The zero-order chi connectivity index (χ0) is 31.6. The average Bonchev–Trinajstić information content (AvgIpc) is 3.73. The molecule has 0 aliphatic heterocycles. The molecule has 0 saturated carbocycles. The summed E-state index contributed by atoms with van der Waals surface area (Å²) in [4.78, 5) is 15.6. The van der Waals surface area contributed by atoms with Crippen molar-refractivity contribution in [3.05, 3.63) is 150 Å². The van der Waals surface area contributed by atoms with E-state index in [0.717, 1.165) is 84.5 Å². The van der Waals surface area contributed by atoms with Crippen LogP contribution >= 0.6 is 0 Å². The molecular formula is C43H27N3O2. The molecule has 226 valence electrons. The SMILES string of the molecule is C1=C(c2nc(-c3ccc4oc5ccccc5c4c3)nc(-c3ccccc3-c3cccc4oc5ccccc5c34)n2)CCc2ccccc21. The predicted octanol–water partition coefficient (Wildman–Crippen LogP) is 11.2. The molecule has 5 nitrogen and oxygen atoms in total. The Morgan fingerprint density at radius 2 is 1.08 bits per heavy atom. The number of fused-ring (bicyclic) bond motifs is 7. The number of benzene rings is 6. The zero-order valence-corrected chi connectivity index (χ0v) is 25.9. The first kappa shape index (κ1) is 26.8. The first-order valence-corrected chi connectivity index (χ1v) is 16.2. The molecular weight excluding hydrogens is 590 g/mol. The minimum absolute atomic E-state index is 0.628. The standard InChI is InChI=1S/C43H27N3O2/c1-2-11-27-24-28(21-20-26(27)10-1)41-44-42(29-22-23-38-35(25-29)31-13-5-7-17-36(31)47-38)46-43(45-41)33-14-4-3-12-30(33)32-16-9-19-39-40(32)34-15-6-8-18-37(34)48-39/h1-19,22-25H,20-21H2. The summed E-state index contributed by atoms with van der Waals surface area (Å²) in [5.74, 6) is 1.96. The lowest BCUT2D eigenvalue weighted by Gasteiger charge is -2.17. The maximum Gasteiger partial charge on any atom is 0.164 e.